The minimum Gasteiger partial charge on any atom is -0.480 e. The number of carbonyl (C=O) groups is 4. The molecule has 0 aliphatic rings. The fourth-order valence-electron chi connectivity index (χ4n) is 5.94. The number of allylic oxidation sites excluding steroid dienone is 5. The van der Waals surface area contributed by atoms with Crippen LogP contribution in [0.25, 0.3) is 0 Å². The Morgan fingerprint density at radius 2 is 1.08 bits per heavy atom. The smallest absolute Gasteiger partial charge is 0.328 e. The zero-order valence-corrected chi connectivity index (χ0v) is 33.1. The van der Waals surface area contributed by atoms with E-state index < -0.39 is 24.5 Å². The van der Waals surface area contributed by atoms with Crippen LogP contribution in [-0.4, -0.2) is 59.3 Å². The van der Waals surface area contributed by atoms with Gasteiger partial charge in [-0.05, 0) is 51.0 Å². The largest absolute Gasteiger partial charge is 0.480 e. The van der Waals surface area contributed by atoms with Gasteiger partial charge in [-0.15, -0.1) is 0 Å². The summed E-state index contributed by atoms with van der Waals surface area (Å²) in [6, 6.07) is -1.38. The number of aliphatic carboxylic acids is 1. The molecule has 0 aromatic carbocycles. The predicted octanol–water partition coefficient (Wildman–Crippen LogP) is 9.82. The Bertz CT molecular complexity index is 979. The number of hydrogen-bond donors (Lipinski definition) is 4. The number of hydrogen-bond acceptors (Lipinski definition) is 6. The van der Waals surface area contributed by atoms with Gasteiger partial charge in [-0.3, -0.25) is 14.4 Å². The molecule has 0 radical (unpaired) electrons. The molecule has 0 saturated carbocycles. The fraction of sp³-hybridized carbons (Fsp3) is 0.767. The molecule has 2 unspecified atom stereocenters. The Kier molecular flexibility index (Phi) is 35.7. The van der Waals surface area contributed by atoms with Gasteiger partial charge in [0.15, 0.2) is 0 Å². The van der Waals surface area contributed by atoms with Gasteiger partial charge < -0.3 is 25.6 Å². The van der Waals surface area contributed by atoms with Crippen molar-refractivity contribution in [2.75, 3.05) is 13.2 Å². The number of nitrogens with one attached hydrogen (secondary N) is 2. The van der Waals surface area contributed by atoms with E-state index in [4.69, 9.17) is 14.9 Å². The third-order valence-electron chi connectivity index (χ3n) is 9.14. The van der Waals surface area contributed by atoms with Crippen LogP contribution in [0.1, 0.15) is 187 Å². The van der Waals surface area contributed by atoms with Gasteiger partial charge in [-0.2, -0.15) is 0 Å². The lowest BCUT2D eigenvalue weighted by atomic mass is 10.0. The van der Waals surface area contributed by atoms with Crippen LogP contribution < -0.4 is 10.6 Å². The van der Waals surface area contributed by atoms with Crippen LogP contribution in [0.15, 0.2) is 36.5 Å². The van der Waals surface area contributed by atoms with E-state index in [1.54, 1.807) is 0 Å². The number of carbonyl (C=O) groups excluding carboxylic acids is 3. The van der Waals surface area contributed by atoms with E-state index >= 15 is 0 Å². The van der Waals surface area contributed by atoms with E-state index in [-0.39, 0.29) is 24.5 Å². The lowest BCUT2D eigenvalue weighted by Crippen LogP contribution is -2.47. The molecule has 9 heteroatoms. The SMILES string of the molecule is CC/C=C\C/C=C\C/C=C\C(CCCCCCCCC(=O)NCC(=O)NC(CO)C(=O)O)OC(=O)CCCCCCCCCCCCCCCCC. The monoisotopic (exact) mass is 733 g/mol. The van der Waals surface area contributed by atoms with Crippen molar-refractivity contribution >= 4 is 23.8 Å². The number of aliphatic hydroxyl groups is 1. The molecule has 0 fully saturated rings. The van der Waals surface area contributed by atoms with Crippen LogP contribution in [0.2, 0.25) is 0 Å². The molecule has 0 aliphatic heterocycles. The first kappa shape index (κ1) is 49.1. The van der Waals surface area contributed by atoms with Crippen molar-refractivity contribution in [3.8, 4) is 0 Å². The van der Waals surface area contributed by atoms with Crippen LogP contribution in [0.5, 0.6) is 0 Å². The third kappa shape index (κ3) is 34.2. The Morgan fingerprint density at radius 3 is 1.60 bits per heavy atom. The molecule has 52 heavy (non-hydrogen) atoms. The van der Waals surface area contributed by atoms with E-state index in [1.807, 2.05) is 6.08 Å². The molecule has 0 saturated heterocycles. The first-order valence-corrected chi connectivity index (χ1v) is 20.9. The Hall–Kier alpha value is -2.94. The molecule has 2 atom stereocenters. The normalized spacial score (nSPS) is 12.8. The van der Waals surface area contributed by atoms with Gasteiger partial charge in [-0.25, -0.2) is 4.79 Å². The molecular formula is C43H76N2O7. The van der Waals surface area contributed by atoms with Gasteiger partial charge in [0.2, 0.25) is 11.8 Å². The van der Waals surface area contributed by atoms with Gasteiger partial charge in [0.1, 0.15) is 12.1 Å². The Labute approximate surface area is 316 Å². The van der Waals surface area contributed by atoms with Crippen LogP contribution in [-0.2, 0) is 23.9 Å². The highest BCUT2D eigenvalue weighted by Crippen LogP contribution is 2.16. The maximum atomic E-state index is 12.7. The summed E-state index contributed by atoms with van der Waals surface area (Å²) in [5, 5.41) is 22.5. The third-order valence-corrected chi connectivity index (χ3v) is 9.14. The summed E-state index contributed by atoms with van der Waals surface area (Å²) < 4.78 is 5.90. The number of aliphatic hydroxyl groups excluding tert-OH is 1. The fourth-order valence-corrected chi connectivity index (χ4v) is 5.94. The molecule has 9 nitrogen and oxygen atoms in total. The predicted molar refractivity (Wildman–Crippen MR) is 213 cm³/mol. The van der Waals surface area contributed by atoms with Gasteiger partial charge >= 0.3 is 11.9 Å². The first-order chi connectivity index (χ1) is 25.3. The van der Waals surface area contributed by atoms with Gasteiger partial charge in [0.05, 0.1) is 13.2 Å². The molecule has 0 heterocycles. The van der Waals surface area contributed by atoms with Crippen LogP contribution in [0, 0.1) is 0 Å². The number of amides is 2. The van der Waals surface area contributed by atoms with E-state index in [1.165, 1.54) is 83.5 Å². The van der Waals surface area contributed by atoms with Crippen molar-refractivity contribution in [3.63, 3.8) is 0 Å². The lowest BCUT2D eigenvalue weighted by molar-refractivity contribution is -0.147. The second kappa shape index (κ2) is 37.8. The van der Waals surface area contributed by atoms with Crippen LogP contribution in [0.3, 0.4) is 0 Å². The molecule has 0 bridgehead atoms. The topological polar surface area (TPSA) is 142 Å². The maximum Gasteiger partial charge on any atom is 0.328 e. The molecule has 0 aliphatic carbocycles. The molecule has 0 spiro atoms. The first-order valence-electron chi connectivity index (χ1n) is 20.9. The molecular weight excluding hydrogens is 656 g/mol. The van der Waals surface area contributed by atoms with E-state index in [2.05, 4.69) is 54.9 Å². The summed E-state index contributed by atoms with van der Waals surface area (Å²) in [7, 11) is 0. The summed E-state index contributed by atoms with van der Waals surface area (Å²) in [4.78, 5) is 47.3. The number of rotatable bonds is 37. The van der Waals surface area contributed by atoms with E-state index in [0.717, 1.165) is 70.6 Å². The number of unbranched alkanes of at least 4 members (excludes halogenated alkanes) is 19. The van der Waals surface area contributed by atoms with Crippen molar-refractivity contribution < 1.29 is 34.1 Å². The zero-order chi connectivity index (χ0) is 38.3. The molecule has 0 aromatic heterocycles. The number of ether oxygens (including phenoxy) is 1. The van der Waals surface area contributed by atoms with Gasteiger partial charge in [0.25, 0.3) is 0 Å². The van der Waals surface area contributed by atoms with Crippen molar-refractivity contribution in [2.24, 2.45) is 0 Å². The lowest BCUT2D eigenvalue weighted by Gasteiger charge is -2.15. The highest BCUT2D eigenvalue weighted by Gasteiger charge is 2.18. The zero-order valence-electron chi connectivity index (χ0n) is 33.1. The second-order valence-corrected chi connectivity index (χ2v) is 14.1. The number of esters is 1. The van der Waals surface area contributed by atoms with Crippen LogP contribution >= 0.6 is 0 Å². The average Bonchev–Trinajstić information content (AvgIpc) is 3.13. The molecule has 300 valence electrons. The van der Waals surface area contributed by atoms with Gasteiger partial charge in [0, 0.05) is 12.8 Å². The molecule has 2 amide bonds. The standard InChI is InChI=1S/C43H76N2O7/c1-3-5-7-9-11-13-14-15-16-17-18-19-21-27-31-35-42(49)52-38(32-28-24-20-12-10-8-6-4-2)33-29-25-22-23-26-30-34-40(47)44-36-41(48)45-39(37-46)43(50)51/h6,8,12,20,28,32,38-39,46H,3-5,7,9-11,13-19,21-27,29-31,33-37H2,1-2H3,(H,44,47)(H,45,48)(H,50,51)/b8-6-,20-12-,32-28-. The van der Waals surface area contributed by atoms with Crippen molar-refractivity contribution in [3.05, 3.63) is 36.5 Å². The second-order valence-electron chi connectivity index (χ2n) is 14.1. The minimum absolute atomic E-state index is 0.101. The summed E-state index contributed by atoms with van der Waals surface area (Å²) >= 11 is 0. The Morgan fingerprint density at radius 1 is 0.596 bits per heavy atom. The molecule has 0 rings (SSSR count). The summed E-state index contributed by atoms with van der Waals surface area (Å²) in [5.41, 5.74) is 0. The van der Waals surface area contributed by atoms with Crippen molar-refractivity contribution in [1.29, 1.82) is 0 Å². The number of carboxylic acids is 1. The number of carboxylic acid groups (broad SMARTS) is 1. The summed E-state index contributed by atoms with van der Waals surface area (Å²) in [6.07, 6.45) is 42.0. The Balaban J connectivity index is 4.24. The van der Waals surface area contributed by atoms with Crippen LogP contribution in [0.4, 0.5) is 0 Å². The maximum absolute atomic E-state index is 12.7. The van der Waals surface area contributed by atoms with E-state index in [9.17, 15) is 19.2 Å². The summed E-state index contributed by atoms with van der Waals surface area (Å²) in [5.74, 6) is -2.36. The average molecular weight is 733 g/mol. The van der Waals surface area contributed by atoms with Crippen molar-refractivity contribution in [2.45, 2.75) is 199 Å². The summed E-state index contributed by atoms with van der Waals surface area (Å²) in [6.45, 7) is 3.36. The highest BCUT2D eigenvalue weighted by atomic mass is 16.5. The van der Waals surface area contributed by atoms with Gasteiger partial charge in [-0.1, -0.05) is 160 Å². The van der Waals surface area contributed by atoms with Crippen molar-refractivity contribution in [1.82, 2.24) is 10.6 Å². The quantitative estimate of drug-likeness (QED) is 0.0283. The van der Waals surface area contributed by atoms with E-state index in [0.29, 0.717) is 19.3 Å². The minimum atomic E-state index is -1.38. The highest BCUT2D eigenvalue weighted by molar-refractivity contribution is 5.87. The molecule has 4 N–H and O–H groups in total. The molecule has 0 aromatic rings.